The van der Waals surface area contributed by atoms with Crippen molar-refractivity contribution >= 4 is 24.7 Å². The highest BCUT2D eigenvalue weighted by molar-refractivity contribution is 6.99. The molecule has 1 unspecified atom stereocenters. The summed E-state index contributed by atoms with van der Waals surface area (Å²) in [7, 11) is 0.227. The second kappa shape index (κ2) is 9.39. The summed E-state index contributed by atoms with van der Waals surface area (Å²) >= 11 is 0. The van der Waals surface area contributed by atoms with Gasteiger partial charge in [0.25, 0.3) is 19.9 Å². The van der Waals surface area contributed by atoms with E-state index < -0.39 is 31.5 Å². The molecule has 1 aliphatic heterocycles. The Bertz CT molecular complexity index is 1110. The van der Waals surface area contributed by atoms with Crippen molar-refractivity contribution in [3.8, 4) is 0 Å². The maximum absolute atomic E-state index is 12.7. The summed E-state index contributed by atoms with van der Waals surface area (Å²) in [4.78, 5) is 12.7. The number of hydrogen-bond donors (Lipinski definition) is 0. The first-order chi connectivity index (χ1) is 17.0. The van der Waals surface area contributed by atoms with Gasteiger partial charge < -0.3 is 23.4 Å². The molecule has 2 aromatic carbocycles. The third-order valence-electron chi connectivity index (χ3n) is 7.00. The Kier molecular flexibility index (Phi) is 6.92. The van der Waals surface area contributed by atoms with Crippen LogP contribution < -0.4 is 10.4 Å². The molecule has 1 saturated heterocycles. The molecule has 1 aliphatic carbocycles. The summed E-state index contributed by atoms with van der Waals surface area (Å²) in [6.07, 6.45) is 5.37. The largest absolute Gasteiger partial charge is 0.421 e. The molecule has 0 N–H and O–H groups in total. The van der Waals surface area contributed by atoms with Crippen LogP contribution in [0.5, 0.6) is 0 Å². The molecule has 4 rings (SSSR count). The van der Waals surface area contributed by atoms with E-state index in [0.29, 0.717) is 0 Å². The monoisotopic (exact) mass is 508 g/mol. The standard InChI is InChI=1S/C29H36O6Si/c1-26(2,3)36(23-14-10-8-11-15-23,24-16-12-9-13-17-24)33-21-22-18-19-28(31-6,32-7)29(20-22)34-25(30)27(4,5)35-29/h8-20H,21H2,1-7H3. The van der Waals surface area contributed by atoms with E-state index in [1.165, 1.54) is 24.6 Å². The number of methoxy groups -OCH3 is 2. The third-order valence-corrected chi connectivity index (χ3v) is 12.0. The minimum atomic E-state index is -2.76. The Labute approximate surface area is 215 Å². The second-order valence-electron chi connectivity index (χ2n) is 10.7. The van der Waals surface area contributed by atoms with Gasteiger partial charge in [0.1, 0.15) is 0 Å². The third kappa shape index (κ3) is 4.19. The molecule has 0 radical (unpaired) electrons. The predicted octanol–water partition coefficient (Wildman–Crippen LogP) is 4.10. The van der Waals surface area contributed by atoms with Crippen LogP contribution in [0.25, 0.3) is 0 Å². The fourth-order valence-corrected chi connectivity index (χ4v) is 9.71. The summed E-state index contributed by atoms with van der Waals surface area (Å²) in [5, 5.41) is 2.20. The topological polar surface area (TPSA) is 63.2 Å². The van der Waals surface area contributed by atoms with Crippen LogP contribution in [0.4, 0.5) is 0 Å². The van der Waals surface area contributed by atoms with Crippen molar-refractivity contribution in [1.29, 1.82) is 0 Å². The molecule has 1 spiro atoms. The van der Waals surface area contributed by atoms with E-state index in [0.717, 1.165) is 5.57 Å². The Morgan fingerprint density at radius 1 is 0.889 bits per heavy atom. The highest BCUT2D eigenvalue weighted by Crippen LogP contribution is 2.46. The van der Waals surface area contributed by atoms with Gasteiger partial charge in [-0.25, -0.2) is 4.79 Å². The van der Waals surface area contributed by atoms with Crippen LogP contribution in [0.2, 0.25) is 5.04 Å². The first-order valence-electron chi connectivity index (χ1n) is 12.2. The minimum Gasteiger partial charge on any atom is -0.421 e. The van der Waals surface area contributed by atoms with Gasteiger partial charge in [0, 0.05) is 14.2 Å². The van der Waals surface area contributed by atoms with Crippen LogP contribution in [0, 0.1) is 0 Å². The van der Waals surface area contributed by atoms with E-state index in [1.807, 2.05) is 18.2 Å². The normalized spacial score (nSPS) is 23.0. The molecule has 0 saturated carbocycles. The van der Waals surface area contributed by atoms with Crippen molar-refractivity contribution in [2.75, 3.05) is 20.8 Å². The minimum absolute atomic E-state index is 0.173. The van der Waals surface area contributed by atoms with Crippen LogP contribution >= 0.6 is 0 Å². The van der Waals surface area contributed by atoms with Crippen molar-refractivity contribution in [2.24, 2.45) is 0 Å². The molecule has 192 valence electrons. The molecule has 36 heavy (non-hydrogen) atoms. The number of carbonyl (C=O) groups excluding carboxylic acids is 1. The van der Waals surface area contributed by atoms with Gasteiger partial charge >= 0.3 is 5.97 Å². The molecule has 0 amide bonds. The number of carbonyl (C=O) groups is 1. The van der Waals surface area contributed by atoms with Gasteiger partial charge in [0.05, 0.1) is 6.61 Å². The second-order valence-corrected chi connectivity index (χ2v) is 15.1. The zero-order chi connectivity index (χ0) is 26.2. The van der Waals surface area contributed by atoms with E-state index in [4.69, 9.17) is 23.4 Å². The van der Waals surface area contributed by atoms with Crippen LogP contribution in [0.1, 0.15) is 34.6 Å². The number of ether oxygens (including phenoxy) is 4. The quantitative estimate of drug-likeness (QED) is 0.319. The van der Waals surface area contributed by atoms with Crippen molar-refractivity contribution in [3.05, 3.63) is 84.5 Å². The van der Waals surface area contributed by atoms with Crippen LogP contribution in [-0.4, -0.2) is 52.3 Å². The number of rotatable bonds is 7. The Morgan fingerprint density at radius 2 is 1.42 bits per heavy atom. The summed E-state index contributed by atoms with van der Waals surface area (Å²) in [6.45, 7) is 10.3. The van der Waals surface area contributed by atoms with Gasteiger partial charge in [0.2, 0.25) is 0 Å². The van der Waals surface area contributed by atoms with Gasteiger partial charge in [-0.15, -0.1) is 0 Å². The summed E-state index contributed by atoms with van der Waals surface area (Å²) in [6, 6.07) is 20.9. The van der Waals surface area contributed by atoms with Crippen molar-refractivity contribution < 1.29 is 28.2 Å². The van der Waals surface area contributed by atoms with Gasteiger partial charge in [-0.05, 0) is 47.0 Å². The van der Waals surface area contributed by atoms with Crippen LogP contribution in [0.15, 0.2) is 84.5 Å². The number of esters is 1. The zero-order valence-electron chi connectivity index (χ0n) is 22.2. The lowest BCUT2D eigenvalue weighted by molar-refractivity contribution is -0.330. The van der Waals surface area contributed by atoms with Gasteiger partial charge in [0.15, 0.2) is 5.60 Å². The molecule has 7 heteroatoms. The lowest BCUT2D eigenvalue weighted by atomic mass is 9.95. The fourth-order valence-electron chi connectivity index (χ4n) is 5.18. The predicted molar refractivity (Wildman–Crippen MR) is 142 cm³/mol. The lowest BCUT2D eigenvalue weighted by Crippen LogP contribution is -2.66. The Balaban J connectivity index is 1.78. The molecule has 6 nitrogen and oxygen atoms in total. The van der Waals surface area contributed by atoms with E-state index in [-0.39, 0.29) is 11.6 Å². The number of hydrogen-bond acceptors (Lipinski definition) is 6. The molecule has 0 bridgehead atoms. The molecule has 1 fully saturated rings. The average molecular weight is 509 g/mol. The average Bonchev–Trinajstić information content (AvgIpc) is 3.08. The van der Waals surface area contributed by atoms with Crippen molar-refractivity contribution in [2.45, 2.75) is 56.8 Å². The fraction of sp³-hybridized carbons (Fsp3) is 0.414. The summed E-state index contributed by atoms with van der Waals surface area (Å²) < 4.78 is 30.5. The maximum Gasteiger partial charge on any atom is 0.340 e. The SMILES string of the molecule is COC1(OC)C=CC(CO[Si](c2ccccc2)(c2ccccc2)C(C)(C)C)=CC12OC(=O)C(C)(C)O2. The van der Waals surface area contributed by atoms with E-state index >= 15 is 0 Å². The van der Waals surface area contributed by atoms with Crippen LogP contribution in [0.3, 0.4) is 0 Å². The van der Waals surface area contributed by atoms with E-state index in [9.17, 15) is 4.79 Å². The molecular formula is C29H36O6Si. The first-order valence-corrected chi connectivity index (χ1v) is 14.1. The highest BCUT2D eigenvalue weighted by atomic mass is 28.4. The Hall–Kier alpha value is -2.55. The lowest BCUT2D eigenvalue weighted by Gasteiger charge is -2.44. The van der Waals surface area contributed by atoms with E-state index in [2.05, 4.69) is 69.3 Å². The van der Waals surface area contributed by atoms with Gasteiger partial charge in [-0.1, -0.05) is 87.5 Å². The van der Waals surface area contributed by atoms with Crippen molar-refractivity contribution in [3.63, 3.8) is 0 Å². The molecule has 2 aromatic rings. The van der Waals surface area contributed by atoms with Crippen molar-refractivity contribution in [1.82, 2.24) is 0 Å². The Morgan fingerprint density at radius 3 is 1.83 bits per heavy atom. The van der Waals surface area contributed by atoms with Crippen LogP contribution in [-0.2, 0) is 28.2 Å². The van der Waals surface area contributed by atoms with Gasteiger partial charge in [-0.2, -0.15) is 0 Å². The molecule has 2 aliphatic rings. The molecular weight excluding hydrogens is 472 g/mol. The van der Waals surface area contributed by atoms with E-state index in [1.54, 1.807) is 26.0 Å². The molecule has 0 aromatic heterocycles. The smallest absolute Gasteiger partial charge is 0.340 e. The summed E-state index contributed by atoms with van der Waals surface area (Å²) in [5.74, 6) is -3.48. The zero-order valence-corrected chi connectivity index (χ0v) is 23.2. The molecule has 1 heterocycles. The summed E-state index contributed by atoms with van der Waals surface area (Å²) in [5.41, 5.74) is -0.355. The maximum atomic E-state index is 12.7. The van der Waals surface area contributed by atoms with Gasteiger partial charge in [-0.3, -0.25) is 0 Å². The number of benzene rings is 2. The first kappa shape index (κ1) is 26.5. The molecule has 1 atom stereocenters. The highest BCUT2D eigenvalue weighted by Gasteiger charge is 2.65.